The molecule has 1 aromatic carbocycles. The summed E-state index contributed by atoms with van der Waals surface area (Å²) in [6.45, 7) is 2.34. The Balaban J connectivity index is 1.92. The molecule has 0 bridgehead atoms. The Hall–Kier alpha value is -2.37. The Morgan fingerprint density at radius 1 is 1.25 bits per heavy atom. The Morgan fingerprint density at radius 2 is 1.96 bits per heavy atom. The van der Waals surface area contributed by atoms with Crippen LogP contribution in [0.1, 0.15) is 43.0 Å². The van der Waals surface area contributed by atoms with Crippen molar-refractivity contribution >= 4 is 17.8 Å². The maximum absolute atomic E-state index is 12.5. The molecule has 0 spiro atoms. The molecule has 6 heteroatoms. The largest absolute Gasteiger partial charge is 0.467 e. The molecule has 0 saturated carbocycles. The second-order valence-corrected chi connectivity index (χ2v) is 6.07. The molecule has 0 aromatic heterocycles. The van der Waals surface area contributed by atoms with Gasteiger partial charge in [-0.05, 0) is 38.3 Å². The van der Waals surface area contributed by atoms with E-state index in [1.54, 1.807) is 36.1 Å². The van der Waals surface area contributed by atoms with E-state index in [2.05, 4.69) is 5.32 Å². The lowest BCUT2D eigenvalue weighted by molar-refractivity contribution is -0.154. The summed E-state index contributed by atoms with van der Waals surface area (Å²) in [6, 6.07) is 8.05. The summed E-state index contributed by atoms with van der Waals surface area (Å²) in [6.07, 6.45) is 2.57. The van der Waals surface area contributed by atoms with Gasteiger partial charge in [0.1, 0.15) is 6.04 Å². The van der Waals surface area contributed by atoms with Crippen molar-refractivity contribution in [2.45, 2.75) is 44.7 Å². The van der Waals surface area contributed by atoms with Crippen molar-refractivity contribution in [3.63, 3.8) is 0 Å². The average molecular weight is 332 g/mol. The number of hydrogen-bond acceptors (Lipinski definition) is 4. The van der Waals surface area contributed by atoms with Gasteiger partial charge in [-0.2, -0.15) is 0 Å². The first-order chi connectivity index (χ1) is 11.5. The lowest BCUT2D eigenvalue weighted by atomic mass is 10.0. The van der Waals surface area contributed by atoms with Gasteiger partial charge < -0.3 is 15.0 Å². The van der Waals surface area contributed by atoms with Gasteiger partial charge in [-0.3, -0.25) is 9.59 Å². The Kier molecular flexibility index (Phi) is 6.35. The number of hydrogen-bond donors (Lipinski definition) is 1. The van der Waals surface area contributed by atoms with Gasteiger partial charge in [-0.15, -0.1) is 0 Å². The highest BCUT2D eigenvalue weighted by Gasteiger charge is 2.33. The van der Waals surface area contributed by atoms with E-state index in [0.717, 1.165) is 12.8 Å². The van der Waals surface area contributed by atoms with Crippen LogP contribution in [-0.4, -0.2) is 48.4 Å². The van der Waals surface area contributed by atoms with E-state index in [-0.39, 0.29) is 30.2 Å². The quantitative estimate of drug-likeness (QED) is 0.834. The van der Waals surface area contributed by atoms with Crippen molar-refractivity contribution in [2.24, 2.45) is 0 Å². The molecule has 0 aliphatic carbocycles. The molecule has 1 N–H and O–H groups in total. The molecule has 130 valence electrons. The van der Waals surface area contributed by atoms with E-state index in [0.29, 0.717) is 18.5 Å². The standard InChI is InChI=1S/C18H24N2O4/c1-13(19-17(22)14-8-4-3-5-9-14)12-16(21)20-11-7-6-10-15(20)18(23)24-2/h3-5,8-9,13,15H,6-7,10-12H2,1-2H3,(H,19,22). The third-order valence-electron chi connectivity index (χ3n) is 4.19. The van der Waals surface area contributed by atoms with Crippen molar-refractivity contribution < 1.29 is 19.1 Å². The lowest BCUT2D eigenvalue weighted by Crippen LogP contribution is -2.50. The zero-order valence-corrected chi connectivity index (χ0v) is 14.2. The summed E-state index contributed by atoms with van der Waals surface area (Å²) < 4.78 is 4.79. The van der Waals surface area contributed by atoms with Crippen LogP contribution in [-0.2, 0) is 14.3 Å². The van der Waals surface area contributed by atoms with Gasteiger partial charge in [0, 0.05) is 24.6 Å². The highest BCUT2D eigenvalue weighted by atomic mass is 16.5. The fourth-order valence-electron chi connectivity index (χ4n) is 2.94. The first-order valence-electron chi connectivity index (χ1n) is 8.26. The second-order valence-electron chi connectivity index (χ2n) is 6.07. The van der Waals surface area contributed by atoms with Crippen molar-refractivity contribution in [1.29, 1.82) is 0 Å². The average Bonchev–Trinajstić information content (AvgIpc) is 2.61. The highest BCUT2D eigenvalue weighted by molar-refractivity contribution is 5.94. The summed E-state index contributed by atoms with van der Waals surface area (Å²) in [4.78, 5) is 38.1. The van der Waals surface area contributed by atoms with Gasteiger partial charge >= 0.3 is 5.97 Å². The second kappa shape index (κ2) is 8.47. The number of carbonyl (C=O) groups excluding carboxylic acids is 3. The molecule has 2 amide bonds. The molecule has 2 rings (SSSR count). The van der Waals surface area contributed by atoms with Crippen LogP contribution in [0, 0.1) is 0 Å². The minimum absolute atomic E-state index is 0.133. The molecule has 6 nitrogen and oxygen atoms in total. The van der Waals surface area contributed by atoms with E-state index >= 15 is 0 Å². The molecule has 1 aliphatic rings. The molecule has 1 saturated heterocycles. The number of nitrogens with one attached hydrogen (secondary N) is 1. The molecule has 1 fully saturated rings. The van der Waals surface area contributed by atoms with Gasteiger partial charge in [0.05, 0.1) is 7.11 Å². The Morgan fingerprint density at radius 3 is 2.62 bits per heavy atom. The number of carbonyl (C=O) groups is 3. The number of likely N-dealkylation sites (tertiary alicyclic amines) is 1. The van der Waals surface area contributed by atoms with Gasteiger partial charge in [-0.1, -0.05) is 18.2 Å². The molecule has 2 unspecified atom stereocenters. The summed E-state index contributed by atoms with van der Waals surface area (Å²) in [5.74, 6) is -0.714. The van der Waals surface area contributed by atoms with Gasteiger partial charge in [0.25, 0.3) is 5.91 Å². The fraction of sp³-hybridized carbons (Fsp3) is 0.500. The predicted molar refractivity (Wildman–Crippen MR) is 89.4 cm³/mol. The van der Waals surface area contributed by atoms with Gasteiger partial charge in [-0.25, -0.2) is 4.79 Å². The van der Waals surface area contributed by atoms with Crippen molar-refractivity contribution in [3.8, 4) is 0 Å². The molecular weight excluding hydrogens is 308 g/mol. The van der Waals surface area contributed by atoms with Gasteiger partial charge in [0.15, 0.2) is 0 Å². The van der Waals surface area contributed by atoms with E-state index in [1.165, 1.54) is 7.11 Å². The van der Waals surface area contributed by atoms with Crippen LogP contribution in [0.5, 0.6) is 0 Å². The minimum Gasteiger partial charge on any atom is -0.467 e. The summed E-state index contributed by atoms with van der Waals surface area (Å²) in [7, 11) is 1.34. The maximum Gasteiger partial charge on any atom is 0.328 e. The van der Waals surface area contributed by atoms with Crippen LogP contribution >= 0.6 is 0 Å². The monoisotopic (exact) mass is 332 g/mol. The maximum atomic E-state index is 12.5. The van der Waals surface area contributed by atoms with E-state index in [9.17, 15) is 14.4 Å². The lowest BCUT2D eigenvalue weighted by Gasteiger charge is -2.34. The molecule has 1 heterocycles. The Labute approximate surface area is 142 Å². The van der Waals surface area contributed by atoms with Crippen molar-refractivity contribution in [2.75, 3.05) is 13.7 Å². The number of ether oxygens (including phenoxy) is 1. The minimum atomic E-state index is -0.506. The summed E-state index contributed by atoms with van der Waals surface area (Å²) in [5, 5.41) is 2.82. The van der Waals surface area contributed by atoms with Crippen LogP contribution in [0.3, 0.4) is 0 Å². The Bertz CT molecular complexity index is 588. The third kappa shape index (κ3) is 4.57. The van der Waals surface area contributed by atoms with Crippen LogP contribution in [0.4, 0.5) is 0 Å². The molecular formula is C18H24N2O4. The van der Waals surface area contributed by atoms with Crippen LogP contribution in [0.2, 0.25) is 0 Å². The first kappa shape index (κ1) is 18.0. The fourth-order valence-corrected chi connectivity index (χ4v) is 2.94. The summed E-state index contributed by atoms with van der Waals surface area (Å²) >= 11 is 0. The van der Waals surface area contributed by atoms with Crippen LogP contribution in [0.15, 0.2) is 30.3 Å². The number of nitrogens with zero attached hydrogens (tertiary/aromatic N) is 1. The molecule has 1 aliphatic heterocycles. The number of rotatable bonds is 5. The van der Waals surface area contributed by atoms with Gasteiger partial charge in [0.2, 0.25) is 5.91 Å². The normalized spacial score (nSPS) is 18.6. The number of methoxy groups -OCH3 is 1. The van der Waals surface area contributed by atoms with E-state index in [1.807, 2.05) is 6.07 Å². The third-order valence-corrected chi connectivity index (χ3v) is 4.19. The van der Waals surface area contributed by atoms with E-state index < -0.39 is 6.04 Å². The van der Waals surface area contributed by atoms with Crippen molar-refractivity contribution in [1.82, 2.24) is 10.2 Å². The van der Waals surface area contributed by atoms with Crippen LogP contribution in [0.25, 0.3) is 0 Å². The SMILES string of the molecule is COC(=O)C1CCCCN1C(=O)CC(C)NC(=O)c1ccccc1. The zero-order chi connectivity index (χ0) is 17.5. The van der Waals surface area contributed by atoms with Crippen molar-refractivity contribution in [3.05, 3.63) is 35.9 Å². The number of amides is 2. The highest BCUT2D eigenvalue weighted by Crippen LogP contribution is 2.19. The molecule has 2 atom stereocenters. The number of piperidine rings is 1. The summed E-state index contributed by atoms with van der Waals surface area (Å²) in [5.41, 5.74) is 0.558. The smallest absolute Gasteiger partial charge is 0.328 e. The zero-order valence-electron chi connectivity index (χ0n) is 14.2. The number of benzene rings is 1. The number of esters is 1. The molecule has 1 aromatic rings. The topological polar surface area (TPSA) is 75.7 Å². The first-order valence-corrected chi connectivity index (χ1v) is 8.26. The molecule has 24 heavy (non-hydrogen) atoms. The van der Waals surface area contributed by atoms with Crippen LogP contribution < -0.4 is 5.32 Å². The molecule has 0 radical (unpaired) electrons. The van der Waals surface area contributed by atoms with E-state index in [4.69, 9.17) is 4.74 Å². The predicted octanol–water partition coefficient (Wildman–Crippen LogP) is 1.75.